The maximum Gasteiger partial charge on any atom is 0.223 e. The first-order chi connectivity index (χ1) is 7.22. The molecular formula is C9H12ClN3O2. The molecule has 0 saturated carbocycles. The normalized spacial score (nSPS) is 10.7. The molecule has 0 aliphatic rings. The van der Waals surface area contributed by atoms with Gasteiger partial charge in [-0.05, 0) is 12.1 Å². The minimum atomic E-state index is -0.376. The zero-order chi connectivity index (χ0) is 11.1. The zero-order valence-electron chi connectivity index (χ0n) is 8.07. The summed E-state index contributed by atoms with van der Waals surface area (Å²) < 4.78 is 0. The minimum Gasteiger partial charge on any atom is -0.394 e. The Kier molecular flexibility index (Phi) is 4.70. The molecular weight excluding hydrogens is 218 g/mol. The second-order valence-electron chi connectivity index (χ2n) is 2.84. The maximum absolute atomic E-state index is 10.6. The molecule has 1 amide bonds. The van der Waals surface area contributed by atoms with Gasteiger partial charge in [-0.15, -0.1) is 11.6 Å². The van der Waals surface area contributed by atoms with Crippen molar-refractivity contribution in [1.82, 2.24) is 4.98 Å². The first kappa shape index (κ1) is 11.6. The van der Waals surface area contributed by atoms with Gasteiger partial charge in [0.15, 0.2) is 0 Å². The summed E-state index contributed by atoms with van der Waals surface area (Å²) in [6.45, 7) is 0.368. The summed E-state index contributed by atoms with van der Waals surface area (Å²) in [5, 5.41) is 3.67. The number of nitrogens with two attached hydrogens (primary N) is 1. The molecule has 0 aliphatic heterocycles. The number of oxime groups is 1. The highest BCUT2D eigenvalue weighted by Gasteiger charge is 2.00. The Morgan fingerprint density at radius 3 is 3.13 bits per heavy atom. The lowest BCUT2D eigenvalue weighted by molar-refractivity contribution is -0.117. The molecule has 0 fully saturated rings. The van der Waals surface area contributed by atoms with E-state index >= 15 is 0 Å². The number of amides is 1. The van der Waals surface area contributed by atoms with Gasteiger partial charge in [0.2, 0.25) is 5.91 Å². The van der Waals surface area contributed by atoms with Crippen LogP contribution in [0.2, 0.25) is 0 Å². The second-order valence-corrected chi connectivity index (χ2v) is 3.22. The quantitative estimate of drug-likeness (QED) is 0.325. The highest BCUT2D eigenvalue weighted by Crippen LogP contribution is 2.00. The number of H-pyrrole nitrogens is 1. The summed E-state index contributed by atoms with van der Waals surface area (Å²) >= 11 is 5.39. The molecule has 1 heterocycles. The van der Waals surface area contributed by atoms with Crippen molar-refractivity contribution in [2.24, 2.45) is 10.9 Å². The number of carbonyl (C=O) groups excluding carboxylic acids is 1. The van der Waals surface area contributed by atoms with Crippen LogP contribution in [0, 0.1) is 0 Å². The van der Waals surface area contributed by atoms with Gasteiger partial charge < -0.3 is 15.6 Å². The number of nitrogens with zero attached hydrogens (tertiary/aromatic N) is 1. The number of primary amides is 1. The number of hydrogen-bond donors (Lipinski definition) is 2. The molecule has 0 unspecified atom stereocenters. The summed E-state index contributed by atoms with van der Waals surface area (Å²) in [5.41, 5.74) is 6.54. The second kappa shape index (κ2) is 6.08. The third kappa shape index (κ3) is 4.51. The fourth-order valence-electron chi connectivity index (χ4n) is 1.01. The first-order valence-corrected chi connectivity index (χ1v) is 4.93. The van der Waals surface area contributed by atoms with Crippen molar-refractivity contribution in [3.63, 3.8) is 0 Å². The van der Waals surface area contributed by atoms with Gasteiger partial charge >= 0.3 is 0 Å². The number of aromatic nitrogens is 1. The van der Waals surface area contributed by atoms with Crippen LogP contribution in [0.5, 0.6) is 0 Å². The molecule has 1 aromatic heterocycles. The van der Waals surface area contributed by atoms with E-state index in [-0.39, 0.29) is 12.3 Å². The van der Waals surface area contributed by atoms with E-state index in [9.17, 15) is 4.79 Å². The van der Waals surface area contributed by atoms with Gasteiger partial charge in [-0.1, -0.05) is 5.16 Å². The van der Waals surface area contributed by atoms with E-state index in [0.717, 1.165) is 11.4 Å². The number of aromatic amines is 1. The molecule has 6 heteroatoms. The highest BCUT2D eigenvalue weighted by molar-refractivity contribution is 6.17. The van der Waals surface area contributed by atoms with Gasteiger partial charge in [0.1, 0.15) is 6.61 Å². The Bertz CT molecular complexity index is 349. The summed E-state index contributed by atoms with van der Waals surface area (Å²) in [6, 6.07) is 3.56. The molecule has 0 spiro atoms. The average Bonchev–Trinajstić information content (AvgIpc) is 2.59. The van der Waals surface area contributed by atoms with E-state index in [4.69, 9.17) is 22.2 Å². The largest absolute Gasteiger partial charge is 0.394 e. The first-order valence-electron chi connectivity index (χ1n) is 4.40. The summed E-state index contributed by atoms with van der Waals surface area (Å²) in [4.78, 5) is 18.4. The maximum atomic E-state index is 10.6. The summed E-state index contributed by atoms with van der Waals surface area (Å²) in [5.74, 6) is 0.0216. The molecule has 82 valence electrons. The topological polar surface area (TPSA) is 80.5 Å². The molecule has 0 bridgehead atoms. The van der Waals surface area contributed by atoms with Crippen LogP contribution in [0.25, 0.3) is 0 Å². The molecule has 1 rings (SSSR count). The van der Waals surface area contributed by atoms with Crippen molar-refractivity contribution in [3.8, 4) is 0 Å². The van der Waals surface area contributed by atoms with E-state index in [2.05, 4.69) is 10.1 Å². The summed E-state index contributed by atoms with van der Waals surface area (Å²) in [7, 11) is 0. The predicted octanol–water partition coefficient (Wildman–Crippen LogP) is 0.632. The Balaban J connectivity index is 2.45. The van der Waals surface area contributed by atoms with Crippen molar-refractivity contribution < 1.29 is 9.63 Å². The van der Waals surface area contributed by atoms with Crippen LogP contribution in [-0.4, -0.2) is 29.6 Å². The molecule has 0 aromatic carbocycles. The number of hydrogen-bond acceptors (Lipinski definition) is 3. The Hall–Kier alpha value is -1.49. The van der Waals surface area contributed by atoms with Crippen molar-refractivity contribution in [2.75, 3.05) is 12.5 Å². The van der Waals surface area contributed by atoms with Crippen molar-refractivity contribution in [1.29, 1.82) is 0 Å². The fraction of sp³-hybridized carbons (Fsp3) is 0.333. The lowest BCUT2D eigenvalue weighted by atomic mass is 10.3. The van der Waals surface area contributed by atoms with Crippen LogP contribution in [0.1, 0.15) is 11.4 Å². The predicted molar refractivity (Wildman–Crippen MR) is 58.0 cm³/mol. The number of rotatable bonds is 6. The van der Waals surface area contributed by atoms with Gasteiger partial charge in [-0.3, -0.25) is 4.79 Å². The van der Waals surface area contributed by atoms with E-state index in [0.29, 0.717) is 12.5 Å². The lowest BCUT2D eigenvalue weighted by Crippen LogP contribution is -2.13. The van der Waals surface area contributed by atoms with Gasteiger partial charge in [0, 0.05) is 5.69 Å². The zero-order valence-corrected chi connectivity index (χ0v) is 8.83. The SMILES string of the molecule is NC(=O)Cc1ccc(/C=N\OCCCl)[nH]1. The molecule has 0 saturated heterocycles. The fourth-order valence-corrected chi connectivity index (χ4v) is 1.08. The van der Waals surface area contributed by atoms with E-state index < -0.39 is 0 Å². The third-order valence-corrected chi connectivity index (χ3v) is 1.72. The van der Waals surface area contributed by atoms with E-state index in [1.54, 1.807) is 12.1 Å². The molecule has 3 N–H and O–H groups in total. The summed E-state index contributed by atoms with van der Waals surface area (Å²) in [6.07, 6.45) is 1.70. The molecule has 0 radical (unpaired) electrons. The Morgan fingerprint density at radius 2 is 2.47 bits per heavy atom. The van der Waals surface area contributed by atoms with Crippen LogP contribution in [0.15, 0.2) is 17.3 Å². The Morgan fingerprint density at radius 1 is 1.67 bits per heavy atom. The van der Waals surface area contributed by atoms with E-state index in [1.807, 2.05) is 0 Å². The van der Waals surface area contributed by atoms with Crippen LogP contribution < -0.4 is 5.73 Å². The minimum absolute atomic E-state index is 0.191. The van der Waals surface area contributed by atoms with Gasteiger partial charge in [0.05, 0.1) is 24.2 Å². The molecule has 5 nitrogen and oxygen atoms in total. The van der Waals surface area contributed by atoms with Crippen LogP contribution >= 0.6 is 11.6 Å². The smallest absolute Gasteiger partial charge is 0.223 e. The Labute approximate surface area is 92.2 Å². The highest BCUT2D eigenvalue weighted by atomic mass is 35.5. The van der Waals surface area contributed by atoms with Crippen LogP contribution in [0.3, 0.4) is 0 Å². The molecule has 0 atom stereocenters. The van der Waals surface area contributed by atoms with Gasteiger partial charge in [-0.2, -0.15) is 0 Å². The molecule has 1 aromatic rings. The molecule has 15 heavy (non-hydrogen) atoms. The average molecular weight is 230 g/mol. The number of carbonyl (C=O) groups is 1. The van der Waals surface area contributed by atoms with Crippen LogP contribution in [-0.2, 0) is 16.1 Å². The monoisotopic (exact) mass is 229 g/mol. The number of alkyl halides is 1. The van der Waals surface area contributed by atoms with Gasteiger partial charge in [0.25, 0.3) is 0 Å². The van der Waals surface area contributed by atoms with Gasteiger partial charge in [-0.25, -0.2) is 0 Å². The van der Waals surface area contributed by atoms with Crippen molar-refractivity contribution >= 4 is 23.7 Å². The van der Waals surface area contributed by atoms with Crippen molar-refractivity contribution in [3.05, 3.63) is 23.5 Å². The standard InChI is InChI=1S/C9H12ClN3O2/c10-3-4-15-12-6-8-2-1-7(13-8)5-9(11)14/h1-2,6,13H,3-5H2,(H2,11,14)/b12-6-. The lowest BCUT2D eigenvalue weighted by Gasteiger charge is -1.92. The van der Waals surface area contributed by atoms with Crippen molar-refractivity contribution in [2.45, 2.75) is 6.42 Å². The molecule has 0 aliphatic carbocycles. The number of halogens is 1. The van der Waals surface area contributed by atoms with Crippen LogP contribution in [0.4, 0.5) is 0 Å². The third-order valence-electron chi connectivity index (χ3n) is 1.57. The van der Waals surface area contributed by atoms with E-state index in [1.165, 1.54) is 6.21 Å². The number of nitrogens with one attached hydrogen (secondary N) is 1.